The number of hydrogen-bond donors (Lipinski definition) is 1. The van der Waals surface area contributed by atoms with Gasteiger partial charge in [0.1, 0.15) is 11.1 Å². The minimum atomic E-state index is -0.325. The largest absolute Gasteiger partial charge is 0.442 e. The quantitative estimate of drug-likeness (QED) is 0.895. The number of carbonyl (C=O) groups is 1. The Labute approximate surface area is 158 Å². The van der Waals surface area contributed by atoms with E-state index < -0.39 is 0 Å². The fourth-order valence-corrected chi connectivity index (χ4v) is 4.56. The Hall–Kier alpha value is -2.15. The summed E-state index contributed by atoms with van der Waals surface area (Å²) in [5.74, 6) is 1.15. The van der Waals surface area contributed by atoms with Crippen LogP contribution < -0.4 is 5.56 Å². The van der Waals surface area contributed by atoms with E-state index in [2.05, 4.69) is 14.9 Å². The van der Waals surface area contributed by atoms with Crippen molar-refractivity contribution in [2.45, 2.75) is 45.4 Å². The highest BCUT2D eigenvalue weighted by Crippen LogP contribution is 2.26. The third-order valence-corrected chi connectivity index (χ3v) is 6.00. The number of fused-ring (bicyclic) bond motifs is 1. The zero-order chi connectivity index (χ0) is 18.8. The minimum absolute atomic E-state index is 0.121. The van der Waals surface area contributed by atoms with Gasteiger partial charge >= 0.3 is 0 Å². The van der Waals surface area contributed by atoms with E-state index in [-0.39, 0.29) is 22.6 Å². The van der Waals surface area contributed by atoms with Crippen LogP contribution in [0.3, 0.4) is 0 Å². The lowest BCUT2D eigenvalue weighted by molar-refractivity contribution is 0.0760. The smallest absolute Gasteiger partial charge is 0.262 e. The van der Waals surface area contributed by atoms with Crippen molar-refractivity contribution in [1.29, 1.82) is 0 Å². The van der Waals surface area contributed by atoms with Crippen LogP contribution in [0, 0.1) is 12.8 Å². The Morgan fingerprint density at radius 2 is 2.00 bits per heavy atom. The number of carbonyl (C=O) groups excluding carboxylic acids is 1. The monoisotopic (exact) mass is 372 g/mol. The molecule has 1 amide bonds. The van der Waals surface area contributed by atoms with E-state index in [0.717, 1.165) is 32.0 Å². The van der Waals surface area contributed by atoms with Gasteiger partial charge in [-0.15, -0.1) is 0 Å². The second kappa shape index (κ2) is 7.84. The van der Waals surface area contributed by atoms with E-state index in [1.54, 1.807) is 6.92 Å². The van der Waals surface area contributed by atoms with E-state index >= 15 is 0 Å². The summed E-state index contributed by atoms with van der Waals surface area (Å²) in [7, 11) is 0. The zero-order valence-electron chi connectivity index (χ0n) is 16.0. The maximum Gasteiger partial charge on any atom is 0.262 e. The molecule has 7 heteroatoms. The number of aryl methyl sites for hydroxylation is 1. The van der Waals surface area contributed by atoms with Gasteiger partial charge in [-0.3, -0.25) is 9.59 Å². The molecule has 146 valence electrons. The lowest BCUT2D eigenvalue weighted by Gasteiger charge is -2.28. The Morgan fingerprint density at radius 1 is 1.19 bits per heavy atom. The predicted molar refractivity (Wildman–Crippen MR) is 103 cm³/mol. The second-order valence-corrected chi connectivity index (χ2v) is 7.90. The predicted octanol–water partition coefficient (Wildman–Crippen LogP) is 2.55. The van der Waals surface area contributed by atoms with Gasteiger partial charge in [0.25, 0.3) is 11.5 Å². The molecule has 1 aliphatic heterocycles. The van der Waals surface area contributed by atoms with Crippen molar-refractivity contribution in [2.75, 3.05) is 32.7 Å². The standard InChI is InChI=1S/C20H28N4O3/c1-14-16(17-18(25)21-13-22-19(17)27-14)20(26)24-9-5-8-23(10-11-24)12-15-6-3-2-4-7-15/h13,15H,2-12H2,1H3,(H,21,22,25). The molecular weight excluding hydrogens is 344 g/mol. The molecule has 0 radical (unpaired) electrons. The maximum atomic E-state index is 13.2. The first kappa shape index (κ1) is 18.2. The number of nitrogens with zero attached hydrogens (tertiary/aromatic N) is 3. The molecule has 0 spiro atoms. The molecule has 0 unspecified atom stereocenters. The van der Waals surface area contributed by atoms with Crippen molar-refractivity contribution < 1.29 is 9.21 Å². The van der Waals surface area contributed by atoms with Gasteiger partial charge in [-0.2, -0.15) is 0 Å². The lowest BCUT2D eigenvalue weighted by atomic mass is 9.89. The third kappa shape index (κ3) is 3.78. The van der Waals surface area contributed by atoms with Gasteiger partial charge in [-0.25, -0.2) is 4.98 Å². The molecule has 1 saturated heterocycles. The average molecular weight is 372 g/mol. The molecule has 7 nitrogen and oxygen atoms in total. The number of aromatic amines is 1. The number of furan rings is 1. The first-order valence-corrected chi connectivity index (χ1v) is 10.1. The van der Waals surface area contributed by atoms with Gasteiger partial charge in [-0.05, 0) is 38.6 Å². The highest BCUT2D eigenvalue weighted by atomic mass is 16.3. The molecule has 2 aromatic heterocycles. The second-order valence-electron chi connectivity index (χ2n) is 7.90. The van der Waals surface area contributed by atoms with Gasteiger partial charge in [0.05, 0.1) is 11.9 Å². The highest BCUT2D eigenvalue weighted by molar-refractivity contribution is 6.06. The molecule has 1 saturated carbocycles. The van der Waals surface area contributed by atoms with Gasteiger partial charge < -0.3 is 19.2 Å². The molecule has 3 heterocycles. The molecule has 1 N–H and O–H groups in total. The van der Waals surface area contributed by atoms with E-state index in [0.29, 0.717) is 24.4 Å². The van der Waals surface area contributed by atoms with E-state index in [1.165, 1.54) is 38.4 Å². The summed E-state index contributed by atoms with van der Waals surface area (Å²) in [5, 5.41) is 0.267. The van der Waals surface area contributed by atoms with Crippen LogP contribution in [0.25, 0.3) is 11.1 Å². The fraction of sp³-hybridized carbons (Fsp3) is 0.650. The molecule has 4 rings (SSSR count). The topological polar surface area (TPSA) is 82.4 Å². The van der Waals surface area contributed by atoms with E-state index in [9.17, 15) is 9.59 Å². The summed E-state index contributed by atoms with van der Waals surface area (Å²) in [6.07, 6.45) is 9.05. The molecule has 2 fully saturated rings. The van der Waals surface area contributed by atoms with Crippen LogP contribution in [0.2, 0.25) is 0 Å². The summed E-state index contributed by atoms with van der Waals surface area (Å²) in [4.78, 5) is 36.3. The summed E-state index contributed by atoms with van der Waals surface area (Å²) < 4.78 is 5.56. The molecule has 2 aliphatic rings. The Morgan fingerprint density at radius 3 is 2.81 bits per heavy atom. The normalized spacial score (nSPS) is 20.1. The van der Waals surface area contributed by atoms with E-state index in [4.69, 9.17) is 4.42 Å². The Balaban J connectivity index is 1.47. The van der Waals surface area contributed by atoms with Crippen LogP contribution >= 0.6 is 0 Å². The summed E-state index contributed by atoms with van der Waals surface area (Å²) >= 11 is 0. The van der Waals surface area contributed by atoms with Crippen LogP contribution in [0.4, 0.5) is 0 Å². The Kier molecular flexibility index (Phi) is 5.29. The van der Waals surface area contributed by atoms with Crippen molar-refractivity contribution >= 4 is 17.0 Å². The third-order valence-electron chi connectivity index (χ3n) is 6.00. The summed E-state index contributed by atoms with van der Waals surface area (Å²) in [5.41, 5.74) is 0.266. The van der Waals surface area contributed by atoms with Crippen molar-refractivity contribution in [3.8, 4) is 0 Å². The summed E-state index contributed by atoms with van der Waals surface area (Å²) in [6.45, 7) is 6.21. The maximum absolute atomic E-state index is 13.2. The number of H-pyrrole nitrogens is 1. The number of hydrogen-bond acceptors (Lipinski definition) is 5. The fourth-order valence-electron chi connectivity index (χ4n) is 4.56. The molecule has 0 atom stereocenters. The number of rotatable bonds is 3. The molecule has 2 aromatic rings. The van der Waals surface area contributed by atoms with E-state index in [1.807, 2.05) is 4.90 Å². The SMILES string of the molecule is Cc1oc2nc[nH]c(=O)c2c1C(=O)N1CCCN(CC2CCCCC2)CC1. The summed E-state index contributed by atoms with van der Waals surface area (Å²) in [6, 6.07) is 0. The van der Waals surface area contributed by atoms with Crippen molar-refractivity contribution in [3.63, 3.8) is 0 Å². The van der Waals surface area contributed by atoms with Gasteiger partial charge in [0.15, 0.2) is 0 Å². The van der Waals surface area contributed by atoms with Gasteiger partial charge in [0.2, 0.25) is 5.71 Å². The number of aromatic nitrogens is 2. The zero-order valence-corrected chi connectivity index (χ0v) is 16.0. The lowest BCUT2D eigenvalue weighted by Crippen LogP contribution is -2.37. The molecule has 0 aromatic carbocycles. The van der Waals surface area contributed by atoms with Crippen LogP contribution in [-0.4, -0.2) is 58.4 Å². The molecule has 0 bridgehead atoms. The van der Waals surface area contributed by atoms with Crippen molar-refractivity contribution in [2.24, 2.45) is 5.92 Å². The molecular formula is C20H28N4O3. The first-order valence-electron chi connectivity index (χ1n) is 10.1. The molecule has 27 heavy (non-hydrogen) atoms. The highest BCUT2D eigenvalue weighted by Gasteiger charge is 2.28. The van der Waals surface area contributed by atoms with Crippen LogP contribution in [0.1, 0.15) is 54.6 Å². The van der Waals surface area contributed by atoms with Crippen molar-refractivity contribution in [3.05, 3.63) is 28.0 Å². The minimum Gasteiger partial charge on any atom is -0.442 e. The van der Waals surface area contributed by atoms with Crippen LogP contribution in [0.5, 0.6) is 0 Å². The van der Waals surface area contributed by atoms with Crippen LogP contribution in [-0.2, 0) is 0 Å². The average Bonchev–Trinajstić information content (AvgIpc) is 2.85. The number of amides is 1. The van der Waals surface area contributed by atoms with Crippen LogP contribution in [0.15, 0.2) is 15.5 Å². The molecule has 1 aliphatic carbocycles. The first-order chi connectivity index (χ1) is 13.1. The Bertz CT molecular complexity index is 866. The van der Waals surface area contributed by atoms with Gasteiger partial charge in [-0.1, -0.05) is 19.3 Å². The van der Waals surface area contributed by atoms with Crippen molar-refractivity contribution in [1.82, 2.24) is 19.8 Å². The number of nitrogens with one attached hydrogen (secondary N) is 1. The van der Waals surface area contributed by atoms with Gasteiger partial charge in [0, 0.05) is 26.2 Å².